The molecule has 1 fully saturated rings. The van der Waals surface area contributed by atoms with Crippen molar-refractivity contribution in [1.29, 1.82) is 0 Å². The second-order valence-corrected chi connectivity index (χ2v) is 5.80. The summed E-state index contributed by atoms with van der Waals surface area (Å²) >= 11 is 0. The first-order valence-electron chi connectivity index (χ1n) is 7.73. The normalized spacial score (nSPS) is 19.7. The molecule has 2 atom stereocenters. The van der Waals surface area contributed by atoms with Crippen LogP contribution in [-0.4, -0.2) is 28.5 Å². The van der Waals surface area contributed by atoms with Gasteiger partial charge in [0.1, 0.15) is 0 Å². The molecule has 23 heavy (non-hydrogen) atoms. The minimum absolute atomic E-state index is 0.0782. The number of hydrogen-bond donors (Lipinski definition) is 2. The van der Waals surface area contributed by atoms with Gasteiger partial charge in [-0.2, -0.15) is 0 Å². The van der Waals surface area contributed by atoms with Crippen molar-refractivity contribution >= 4 is 17.6 Å². The summed E-state index contributed by atoms with van der Waals surface area (Å²) in [5.41, 5.74) is 1.10. The molecule has 1 aromatic carbocycles. The maximum Gasteiger partial charge on any atom is 0.307 e. The minimum Gasteiger partial charge on any atom is -0.481 e. The first-order chi connectivity index (χ1) is 11.0. The van der Waals surface area contributed by atoms with Crippen molar-refractivity contribution in [3.63, 3.8) is 0 Å². The Labute approximate surface area is 133 Å². The van der Waals surface area contributed by atoms with Gasteiger partial charge in [-0.25, -0.2) is 0 Å². The number of benzene rings is 1. The SMILES string of the molecule is O=C(O)C1CCC1C(=O)NCCCCc1ccc([N+](=O)[O-])cc1. The van der Waals surface area contributed by atoms with Crippen molar-refractivity contribution in [3.8, 4) is 0 Å². The van der Waals surface area contributed by atoms with Crippen LogP contribution >= 0.6 is 0 Å². The fourth-order valence-electron chi connectivity index (χ4n) is 2.69. The fourth-order valence-corrected chi connectivity index (χ4v) is 2.69. The Morgan fingerprint density at radius 1 is 1.17 bits per heavy atom. The predicted octanol–water partition coefficient (Wildman–Crippen LogP) is 2.14. The molecule has 0 bridgehead atoms. The second kappa shape index (κ2) is 7.71. The van der Waals surface area contributed by atoms with E-state index >= 15 is 0 Å². The molecule has 1 amide bonds. The van der Waals surface area contributed by atoms with E-state index in [1.54, 1.807) is 12.1 Å². The maximum atomic E-state index is 11.8. The van der Waals surface area contributed by atoms with Gasteiger partial charge >= 0.3 is 5.97 Å². The Balaban J connectivity index is 1.63. The van der Waals surface area contributed by atoms with Crippen LogP contribution in [0.3, 0.4) is 0 Å². The number of rotatable bonds is 8. The number of nitrogens with zero attached hydrogens (tertiary/aromatic N) is 1. The van der Waals surface area contributed by atoms with Gasteiger partial charge in [-0.3, -0.25) is 19.7 Å². The van der Waals surface area contributed by atoms with E-state index in [2.05, 4.69) is 5.32 Å². The molecule has 0 saturated heterocycles. The predicted molar refractivity (Wildman–Crippen MR) is 82.9 cm³/mol. The first-order valence-corrected chi connectivity index (χ1v) is 7.73. The standard InChI is InChI=1S/C16H20N2O5/c19-15(13-8-9-14(13)16(20)21)17-10-2-1-3-11-4-6-12(7-5-11)18(22)23/h4-7,13-14H,1-3,8-10H2,(H,17,19)(H,20,21). The average Bonchev–Trinajstić information content (AvgIpc) is 2.45. The van der Waals surface area contributed by atoms with Crippen LogP contribution in [-0.2, 0) is 16.0 Å². The second-order valence-electron chi connectivity index (χ2n) is 5.80. The van der Waals surface area contributed by atoms with Crippen molar-refractivity contribution in [2.45, 2.75) is 32.1 Å². The van der Waals surface area contributed by atoms with Crippen LogP contribution in [0.1, 0.15) is 31.2 Å². The highest BCUT2D eigenvalue weighted by atomic mass is 16.6. The molecule has 2 unspecified atom stereocenters. The van der Waals surface area contributed by atoms with Crippen LogP contribution in [0.25, 0.3) is 0 Å². The average molecular weight is 320 g/mol. The maximum absolute atomic E-state index is 11.8. The number of nitrogens with one attached hydrogen (secondary N) is 1. The van der Waals surface area contributed by atoms with E-state index in [-0.39, 0.29) is 17.5 Å². The van der Waals surface area contributed by atoms with Crippen LogP contribution in [0.15, 0.2) is 24.3 Å². The zero-order chi connectivity index (χ0) is 16.8. The molecule has 1 aromatic rings. The zero-order valence-electron chi connectivity index (χ0n) is 12.7. The Bertz CT molecular complexity index is 585. The van der Waals surface area contributed by atoms with Gasteiger partial charge in [-0.1, -0.05) is 12.1 Å². The number of carboxylic acid groups (broad SMARTS) is 1. The molecule has 0 aromatic heterocycles. The lowest BCUT2D eigenvalue weighted by atomic mass is 9.73. The van der Waals surface area contributed by atoms with Gasteiger partial charge in [0, 0.05) is 18.7 Å². The summed E-state index contributed by atoms with van der Waals surface area (Å²) in [6, 6.07) is 6.45. The number of carbonyl (C=O) groups is 2. The smallest absolute Gasteiger partial charge is 0.307 e. The van der Waals surface area contributed by atoms with Crippen LogP contribution in [0.5, 0.6) is 0 Å². The van der Waals surface area contributed by atoms with Crippen molar-refractivity contribution < 1.29 is 19.6 Å². The molecule has 1 saturated carbocycles. The number of aliphatic carboxylic acids is 1. The first kappa shape index (κ1) is 16.9. The molecule has 2 N–H and O–H groups in total. The lowest BCUT2D eigenvalue weighted by molar-refractivity contribution is -0.384. The van der Waals surface area contributed by atoms with E-state index < -0.39 is 16.8 Å². The zero-order valence-corrected chi connectivity index (χ0v) is 12.7. The van der Waals surface area contributed by atoms with Crippen molar-refractivity contribution in [3.05, 3.63) is 39.9 Å². The molecule has 1 aliphatic carbocycles. The number of non-ortho nitro benzene ring substituents is 1. The molecule has 7 heteroatoms. The lowest BCUT2D eigenvalue weighted by Gasteiger charge is -2.31. The van der Waals surface area contributed by atoms with Gasteiger partial charge < -0.3 is 10.4 Å². The third-order valence-corrected chi connectivity index (χ3v) is 4.27. The number of aryl methyl sites for hydroxylation is 1. The van der Waals surface area contributed by atoms with Gasteiger partial charge in [-0.05, 0) is 37.7 Å². The summed E-state index contributed by atoms with van der Waals surface area (Å²) in [6.07, 6.45) is 3.65. The largest absolute Gasteiger partial charge is 0.481 e. The minimum atomic E-state index is -0.894. The number of nitro groups is 1. The molecule has 1 aliphatic rings. The third kappa shape index (κ3) is 4.51. The van der Waals surface area contributed by atoms with E-state index in [0.29, 0.717) is 19.4 Å². The van der Waals surface area contributed by atoms with E-state index in [9.17, 15) is 19.7 Å². The van der Waals surface area contributed by atoms with Crippen LogP contribution in [0.2, 0.25) is 0 Å². The highest BCUT2D eigenvalue weighted by molar-refractivity contribution is 5.86. The molecule has 0 aliphatic heterocycles. The van der Waals surface area contributed by atoms with Gasteiger partial charge in [0.2, 0.25) is 5.91 Å². The molecule has 7 nitrogen and oxygen atoms in total. The number of carboxylic acids is 1. The van der Waals surface area contributed by atoms with Gasteiger partial charge in [-0.15, -0.1) is 0 Å². The van der Waals surface area contributed by atoms with Gasteiger partial charge in [0.15, 0.2) is 0 Å². The summed E-state index contributed by atoms with van der Waals surface area (Å²) in [7, 11) is 0. The van der Waals surface area contributed by atoms with Gasteiger partial charge in [0.25, 0.3) is 5.69 Å². The highest BCUT2D eigenvalue weighted by Crippen LogP contribution is 2.34. The van der Waals surface area contributed by atoms with Crippen LogP contribution in [0, 0.1) is 22.0 Å². The molecule has 0 radical (unpaired) electrons. The van der Waals surface area contributed by atoms with Crippen LogP contribution < -0.4 is 5.32 Å². The van der Waals surface area contributed by atoms with E-state index in [1.165, 1.54) is 12.1 Å². The number of unbranched alkanes of at least 4 members (excludes halogenated alkanes) is 1. The summed E-state index contributed by atoms with van der Waals surface area (Å²) in [5, 5.41) is 22.3. The Kier molecular flexibility index (Phi) is 5.67. The highest BCUT2D eigenvalue weighted by Gasteiger charge is 2.41. The summed E-state index contributed by atoms with van der Waals surface area (Å²) in [5.74, 6) is -1.98. The number of nitro benzene ring substituents is 1. The number of amides is 1. The Hall–Kier alpha value is -2.44. The van der Waals surface area contributed by atoms with E-state index in [1.807, 2.05) is 0 Å². The summed E-state index contributed by atoms with van der Waals surface area (Å²) in [4.78, 5) is 32.8. The monoisotopic (exact) mass is 320 g/mol. The third-order valence-electron chi connectivity index (χ3n) is 4.27. The summed E-state index contributed by atoms with van der Waals surface area (Å²) in [6.45, 7) is 0.522. The molecule has 2 rings (SSSR count). The van der Waals surface area contributed by atoms with Crippen molar-refractivity contribution in [1.82, 2.24) is 5.32 Å². The lowest BCUT2D eigenvalue weighted by Crippen LogP contribution is -2.44. The molecule has 0 heterocycles. The number of hydrogen-bond acceptors (Lipinski definition) is 4. The quantitative estimate of drug-likeness (QED) is 0.433. The molecular formula is C16H20N2O5. The molecule has 124 valence electrons. The fraction of sp³-hybridized carbons (Fsp3) is 0.500. The van der Waals surface area contributed by atoms with Crippen molar-refractivity contribution in [2.24, 2.45) is 11.8 Å². The van der Waals surface area contributed by atoms with E-state index in [0.717, 1.165) is 24.8 Å². The Morgan fingerprint density at radius 3 is 2.35 bits per heavy atom. The van der Waals surface area contributed by atoms with Crippen LogP contribution in [0.4, 0.5) is 5.69 Å². The summed E-state index contributed by atoms with van der Waals surface area (Å²) < 4.78 is 0. The van der Waals surface area contributed by atoms with Crippen molar-refractivity contribution in [2.75, 3.05) is 6.54 Å². The van der Waals surface area contributed by atoms with E-state index in [4.69, 9.17) is 5.11 Å². The Morgan fingerprint density at radius 2 is 1.83 bits per heavy atom. The van der Waals surface area contributed by atoms with Gasteiger partial charge in [0.05, 0.1) is 16.8 Å². The topological polar surface area (TPSA) is 110 Å². The number of carbonyl (C=O) groups excluding carboxylic acids is 1. The molecular weight excluding hydrogens is 300 g/mol. The molecule has 0 spiro atoms.